The second kappa shape index (κ2) is 6.19. The van der Waals surface area contributed by atoms with Crippen LogP contribution < -0.4 is 10.6 Å². The molecule has 6 heteroatoms. The van der Waals surface area contributed by atoms with Crippen LogP contribution in [0.2, 0.25) is 0 Å². The Morgan fingerprint density at radius 2 is 2.55 bits per heavy atom. The Hall–Kier alpha value is -1.66. The van der Waals surface area contributed by atoms with Gasteiger partial charge in [-0.05, 0) is 30.8 Å². The lowest BCUT2D eigenvalue weighted by molar-refractivity contribution is -0.121. The lowest BCUT2D eigenvalue weighted by Crippen LogP contribution is -2.31. The predicted molar refractivity (Wildman–Crippen MR) is 77.3 cm³/mol. The van der Waals surface area contributed by atoms with Crippen LogP contribution in [0, 0.1) is 0 Å². The summed E-state index contributed by atoms with van der Waals surface area (Å²) in [4.78, 5) is 17.2. The maximum atomic E-state index is 11.8. The first-order valence-electron chi connectivity index (χ1n) is 6.79. The van der Waals surface area contributed by atoms with Crippen molar-refractivity contribution in [1.29, 1.82) is 0 Å². The molecule has 2 aromatic rings. The summed E-state index contributed by atoms with van der Waals surface area (Å²) in [5.74, 6) is 0.673. The smallest absolute Gasteiger partial charge is 0.236 e. The molecule has 0 bridgehead atoms. The second-order valence-electron chi connectivity index (χ2n) is 4.90. The van der Waals surface area contributed by atoms with Crippen LogP contribution in [0.1, 0.15) is 25.0 Å². The topological polar surface area (TPSA) is 67.2 Å². The van der Waals surface area contributed by atoms with Crippen LogP contribution in [-0.4, -0.2) is 23.5 Å². The second-order valence-corrected chi connectivity index (χ2v) is 5.84. The fourth-order valence-corrected chi connectivity index (χ4v) is 2.97. The number of thiophene rings is 1. The average Bonchev–Trinajstić information content (AvgIpc) is 3.18. The molecule has 0 spiro atoms. The summed E-state index contributed by atoms with van der Waals surface area (Å²) in [5.41, 5.74) is 0.751. The van der Waals surface area contributed by atoms with Crippen LogP contribution in [0.3, 0.4) is 0 Å². The molecule has 0 saturated carbocycles. The molecular weight excluding hydrogens is 274 g/mol. The standard InChI is InChI=1S/C14H17N3O2S/c18-13(7-10-3-1-5-15-10)16-8-11-9-19-14(17-11)12-4-2-6-20-12/h2,4,6,9-10,15H,1,3,5,7-8H2,(H,16,18). The van der Waals surface area contributed by atoms with Crippen LogP contribution in [0.4, 0.5) is 0 Å². The molecule has 2 N–H and O–H groups in total. The van der Waals surface area contributed by atoms with Crippen molar-refractivity contribution in [2.75, 3.05) is 6.54 Å². The van der Waals surface area contributed by atoms with Crippen molar-refractivity contribution in [2.45, 2.75) is 31.8 Å². The summed E-state index contributed by atoms with van der Waals surface area (Å²) in [7, 11) is 0. The fourth-order valence-electron chi connectivity index (χ4n) is 2.32. The number of hydrogen-bond donors (Lipinski definition) is 2. The molecule has 1 amide bonds. The minimum Gasteiger partial charge on any atom is -0.443 e. The van der Waals surface area contributed by atoms with E-state index in [9.17, 15) is 4.79 Å². The van der Waals surface area contributed by atoms with Gasteiger partial charge in [-0.15, -0.1) is 11.3 Å². The molecule has 1 aliphatic rings. The van der Waals surface area contributed by atoms with Gasteiger partial charge in [-0.3, -0.25) is 4.79 Å². The van der Waals surface area contributed by atoms with Crippen molar-refractivity contribution >= 4 is 17.2 Å². The molecule has 2 aromatic heterocycles. The van der Waals surface area contributed by atoms with Gasteiger partial charge < -0.3 is 15.1 Å². The number of carbonyl (C=O) groups excluding carboxylic acids is 1. The van der Waals surface area contributed by atoms with E-state index in [2.05, 4.69) is 15.6 Å². The van der Waals surface area contributed by atoms with E-state index in [1.165, 1.54) is 0 Å². The Kier molecular flexibility index (Phi) is 4.13. The molecule has 1 fully saturated rings. The highest BCUT2D eigenvalue weighted by Gasteiger charge is 2.17. The largest absolute Gasteiger partial charge is 0.443 e. The first-order valence-corrected chi connectivity index (χ1v) is 7.67. The minimum atomic E-state index is 0.0603. The average molecular weight is 291 g/mol. The highest BCUT2D eigenvalue weighted by atomic mass is 32.1. The third kappa shape index (κ3) is 3.26. The molecule has 1 unspecified atom stereocenters. The minimum absolute atomic E-state index is 0.0603. The highest BCUT2D eigenvalue weighted by molar-refractivity contribution is 7.13. The highest BCUT2D eigenvalue weighted by Crippen LogP contribution is 2.23. The van der Waals surface area contributed by atoms with Crippen LogP contribution >= 0.6 is 11.3 Å². The van der Waals surface area contributed by atoms with E-state index in [0.717, 1.165) is 30.0 Å². The Morgan fingerprint density at radius 1 is 1.60 bits per heavy atom. The number of carbonyl (C=O) groups is 1. The van der Waals surface area contributed by atoms with Gasteiger partial charge in [-0.1, -0.05) is 6.07 Å². The number of oxazole rings is 1. The van der Waals surface area contributed by atoms with E-state index >= 15 is 0 Å². The number of rotatable bonds is 5. The third-order valence-electron chi connectivity index (χ3n) is 3.34. The molecule has 1 aliphatic heterocycles. The normalized spacial score (nSPS) is 18.3. The van der Waals surface area contributed by atoms with E-state index in [1.54, 1.807) is 17.6 Å². The molecule has 1 atom stereocenters. The number of nitrogens with one attached hydrogen (secondary N) is 2. The van der Waals surface area contributed by atoms with E-state index in [1.807, 2.05) is 17.5 Å². The van der Waals surface area contributed by atoms with Crippen molar-refractivity contribution in [2.24, 2.45) is 0 Å². The summed E-state index contributed by atoms with van der Waals surface area (Å²) >= 11 is 1.58. The van der Waals surface area contributed by atoms with Gasteiger partial charge in [0.15, 0.2) is 0 Å². The summed E-state index contributed by atoms with van der Waals surface area (Å²) < 4.78 is 5.41. The number of nitrogens with zero attached hydrogens (tertiary/aromatic N) is 1. The molecule has 3 rings (SSSR count). The van der Waals surface area contributed by atoms with Gasteiger partial charge in [-0.2, -0.15) is 0 Å². The number of hydrogen-bond acceptors (Lipinski definition) is 5. The molecular formula is C14H17N3O2S. The molecule has 0 aromatic carbocycles. The zero-order valence-corrected chi connectivity index (χ0v) is 11.9. The third-order valence-corrected chi connectivity index (χ3v) is 4.20. The quantitative estimate of drug-likeness (QED) is 0.886. The molecule has 106 valence electrons. The molecule has 5 nitrogen and oxygen atoms in total. The predicted octanol–water partition coefficient (Wildman–Crippen LogP) is 2.16. The number of amides is 1. The monoisotopic (exact) mass is 291 g/mol. The Balaban J connectivity index is 1.49. The summed E-state index contributed by atoms with van der Waals surface area (Å²) in [6, 6.07) is 4.25. The van der Waals surface area contributed by atoms with Crippen LogP contribution in [0.15, 0.2) is 28.2 Å². The van der Waals surface area contributed by atoms with Gasteiger partial charge in [0.1, 0.15) is 6.26 Å². The molecule has 20 heavy (non-hydrogen) atoms. The van der Waals surface area contributed by atoms with E-state index < -0.39 is 0 Å². The Labute approximate surface area is 121 Å². The van der Waals surface area contributed by atoms with E-state index in [-0.39, 0.29) is 5.91 Å². The summed E-state index contributed by atoms with van der Waals surface area (Å²) in [6.07, 6.45) is 4.38. The number of aromatic nitrogens is 1. The zero-order valence-electron chi connectivity index (χ0n) is 11.1. The fraction of sp³-hybridized carbons (Fsp3) is 0.429. The van der Waals surface area contributed by atoms with Gasteiger partial charge in [-0.25, -0.2) is 4.98 Å². The van der Waals surface area contributed by atoms with E-state index in [4.69, 9.17) is 4.42 Å². The summed E-state index contributed by atoms with van der Waals surface area (Å²) in [5, 5.41) is 8.18. The lowest BCUT2D eigenvalue weighted by atomic mass is 10.1. The first kappa shape index (κ1) is 13.3. The van der Waals surface area contributed by atoms with Gasteiger partial charge in [0, 0.05) is 12.5 Å². The maximum Gasteiger partial charge on any atom is 0.236 e. The zero-order chi connectivity index (χ0) is 13.8. The maximum absolute atomic E-state index is 11.8. The first-order chi connectivity index (χ1) is 9.81. The Morgan fingerprint density at radius 3 is 3.30 bits per heavy atom. The van der Waals surface area contributed by atoms with Crippen molar-refractivity contribution in [1.82, 2.24) is 15.6 Å². The van der Waals surface area contributed by atoms with Crippen molar-refractivity contribution in [3.63, 3.8) is 0 Å². The molecule has 0 aliphatic carbocycles. The van der Waals surface area contributed by atoms with Crippen LogP contribution in [0.5, 0.6) is 0 Å². The Bertz CT molecular complexity index is 559. The van der Waals surface area contributed by atoms with Crippen LogP contribution in [-0.2, 0) is 11.3 Å². The SMILES string of the molecule is O=C(CC1CCCN1)NCc1coc(-c2cccs2)n1. The van der Waals surface area contributed by atoms with Crippen molar-refractivity contribution in [3.8, 4) is 10.8 Å². The van der Waals surface area contributed by atoms with E-state index in [0.29, 0.717) is 24.9 Å². The van der Waals surface area contributed by atoms with Gasteiger partial charge in [0.25, 0.3) is 0 Å². The molecule has 3 heterocycles. The summed E-state index contributed by atoms with van der Waals surface area (Å²) in [6.45, 7) is 1.44. The van der Waals surface area contributed by atoms with Crippen molar-refractivity contribution < 1.29 is 9.21 Å². The molecule has 0 radical (unpaired) electrons. The lowest BCUT2D eigenvalue weighted by Gasteiger charge is -2.09. The van der Waals surface area contributed by atoms with Gasteiger partial charge in [0.2, 0.25) is 11.8 Å². The van der Waals surface area contributed by atoms with Gasteiger partial charge in [0.05, 0.1) is 17.1 Å². The van der Waals surface area contributed by atoms with Gasteiger partial charge >= 0.3 is 0 Å². The van der Waals surface area contributed by atoms with Crippen molar-refractivity contribution in [3.05, 3.63) is 29.5 Å². The molecule has 1 saturated heterocycles. The van der Waals surface area contributed by atoms with Crippen LogP contribution in [0.25, 0.3) is 10.8 Å².